The van der Waals surface area contributed by atoms with Crippen molar-refractivity contribution >= 4 is 22.5 Å². The third kappa shape index (κ3) is 3.81. The molecule has 3 rings (SSSR count). The summed E-state index contributed by atoms with van der Waals surface area (Å²) in [6.45, 7) is 6.15. The molecule has 0 aliphatic carbocycles. The minimum absolute atomic E-state index is 0.0843. The summed E-state index contributed by atoms with van der Waals surface area (Å²) in [5.74, 6) is -0.0843. The maximum absolute atomic E-state index is 12.9. The molecule has 0 aliphatic rings. The van der Waals surface area contributed by atoms with Gasteiger partial charge in [0.25, 0.3) is 0 Å². The zero-order valence-electron chi connectivity index (χ0n) is 14.1. The van der Waals surface area contributed by atoms with Crippen molar-refractivity contribution in [2.75, 3.05) is 5.32 Å². The zero-order chi connectivity index (χ0) is 17.2. The number of H-pyrrole nitrogens is 1. The lowest BCUT2D eigenvalue weighted by molar-refractivity contribution is -0.118. The van der Waals surface area contributed by atoms with E-state index >= 15 is 0 Å². The molecule has 1 aromatic heterocycles. The van der Waals surface area contributed by atoms with Crippen LogP contribution in [0.5, 0.6) is 0 Å². The van der Waals surface area contributed by atoms with Crippen LogP contribution in [0.2, 0.25) is 0 Å². The number of amides is 1. The number of anilines is 1. The van der Waals surface area contributed by atoms with Crippen molar-refractivity contribution in [3.8, 4) is 0 Å². The van der Waals surface area contributed by atoms with Crippen LogP contribution in [0.1, 0.15) is 32.4 Å². The Morgan fingerprint density at radius 3 is 2.58 bits per heavy atom. The van der Waals surface area contributed by atoms with Gasteiger partial charge in [0.2, 0.25) is 5.91 Å². The lowest BCUT2D eigenvalue weighted by atomic mass is 10.0. The van der Waals surface area contributed by atoms with E-state index in [1.54, 1.807) is 6.20 Å². The Bertz CT molecular complexity index is 833. The number of hydrogen-bond acceptors (Lipinski definition) is 3. The van der Waals surface area contributed by atoms with Crippen LogP contribution >= 0.6 is 0 Å². The van der Waals surface area contributed by atoms with Gasteiger partial charge in [-0.3, -0.25) is 15.2 Å². The molecule has 5 nitrogen and oxygen atoms in total. The number of aromatic amines is 1. The number of nitrogens with zero attached hydrogens (tertiary/aromatic N) is 1. The van der Waals surface area contributed by atoms with Crippen molar-refractivity contribution in [2.45, 2.75) is 32.4 Å². The second kappa shape index (κ2) is 6.45. The molecule has 1 amide bonds. The molecule has 0 aliphatic heterocycles. The number of hydrogen-bond donors (Lipinski definition) is 3. The highest BCUT2D eigenvalue weighted by molar-refractivity contribution is 5.97. The van der Waals surface area contributed by atoms with Gasteiger partial charge in [-0.15, -0.1) is 0 Å². The average molecular weight is 322 g/mol. The van der Waals surface area contributed by atoms with E-state index < -0.39 is 6.04 Å². The van der Waals surface area contributed by atoms with E-state index in [-0.39, 0.29) is 11.4 Å². The highest BCUT2D eigenvalue weighted by atomic mass is 16.2. The number of carbonyl (C=O) groups is 1. The van der Waals surface area contributed by atoms with Crippen LogP contribution in [0, 0.1) is 0 Å². The van der Waals surface area contributed by atoms with Crippen LogP contribution in [-0.4, -0.2) is 21.6 Å². The first-order valence-electron chi connectivity index (χ1n) is 7.99. The molecule has 124 valence electrons. The van der Waals surface area contributed by atoms with Crippen molar-refractivity contribution in [1.29, 1.82) is 0 Å². The topological polar surface area (TPSA) is 69.8 Å². The van der Waals surface area contributed by atoms with Crippen LogP contribution in [-0.2, 0) is 4.79 Å². The van der Waals surface area contributed by atoms with Crippen molar-refractivity contribution in [2.24, 2.45) is 0 Å². The molecule has 0 saturated heterocycles. The smallest absolute Gasteiger partial charge is 0.246 e. The molecule has 1 atom stereocenters. The van der Waals surface area contributed by atoms with Crippen molar-refractivity contribution in [3.05, 3.63) is 60.3 Å². The molecular formula is C19H22N4O. The number of aromatic nitrogens is 2. The van der Waals surface area contributed by atoms with Crippen LogP contribution in [0.25, 0.3) is 10.9 Å². The Hall–Kier alpha value is -2.66. The molecule has 0 fully saturated rings. The second-order valence-electron chi connectivity index (χ2n) is 6.90. The summed E-state index contributed by atoms with van der Waals surface area (Å²) in [5, 5.41) is 14.3. The molecule has 0 spiro atoms. The number of nitrogens with one attached hydrogen (secondary N) is 3. The normalized spacial score (nSPS) is 13.0. The van der Waals surface area contributed by atoms with Gasteiger partial charge in [0, 0.05) is 16.6 Å². The average Bonchev–Trinajstić information content (AvgIpc) is 3.00. The minimum atomic E-state index is -0.425. The largest absolute Gasteiger partial charge is 0.324 e. The summed E-state index contributed by atoms with van der Waals surface area (Å²) in [5.41, 5.74) is 2.45. The maximum Gasteiger partial charge on any atom is 0.246 e. The van der Waals surface area contributed by atoms with Crippen LogP contribution in [0.3, 0.4) is 0 Å². The van der Waals surface area contributed by atoms with E-state index in [1.165, 1.54) is 0 Å². The SMILES string of the molecule is CC(C)(C)NC(C(=O)Nc1ccc2[nH]ncc2c1)c1ccccc1. The van der Waals surface area contributed by atoms with E-state index in [0.29, 0.717) is 0 Å². The molecular weight excluding hydrogens is 300 g/mol. The van der Waals surface area contributed by atoms with E-state index in [9.17, 15) is 4.79 Å². The number of fused-ring (bicyclic) bond motifs is 1. The Kier molecular flexibility index (Phi) is 4.36. The van der Waals surface area contributed by atoms with Gasteiger partial charge >= 0.3 is 0 Å². The van der Waals surface area contributed by atoms with Crippen LogP contribution < -0.4 is 10.6 Å². The first-order valence-corrected chi connectivity index (χ1v) is 7.99. The van der Waals surface area contributed by atoms with Gasteiger partial charge in [0.05, 0.1) is 11.7 Å². The Labute approximate surface area is 141 Å². The fourth-order valence-corrected chi connectivity index (χ4v) is 2.61. The second-order valence-corrected chi connectivity index (χ2v) is 6.90. The molecule has 3 aromatic rings. The van der Waals surface area contributed by atoms with Gasteiger partial charge in [0.1, 0.15) is 6.04 Å². The van der Waals surface area contributed by atoms with Gasteiger partial charge in [0.15, 0.2) is 0 Å². The first-order chi connectivity index (χ1) is 11.4. The fourth-order valence-electron chi connectivity index (χ4n) is 2.61. The van der Waals surface area contributed by atoms with E-state index in [2.05, 4.69) is 20.8 Å². The van der Waals surface area contributed by atoms with Crippen molar-refractivity contribution in [1.82, 2.24) is 15.5 Å². The number of benzene rings is 2. The van der Waals surface area contributed by atoms with Gasteiger partial charge in [-0.25, -0.2) is 0 Å². The van der Waals surface area contributed by atoms with E-state index in [1.807, 2.05) is 69.3 Å². The Morgan fingerprint density at radius 1 is 1.12 bits per heavy atom. The predicted octanol–water partition coefficient (Wildman–Crippen LogP) is 3.63. The summed E-state index contributed by atoms with van der Waals surface area (Å²) >= 11 is 0. The molecule has 0 saturated carbocycles. The standard InChI is InChI=1S/C19H22N4O/c1-19(2,3)22-17(13-7-5-4-6-8-13)18(24)21-15-9-10-16-14(11-15)12-20-23-16/h4-12,17,22H,1-3H3,(H,20,23)(H,21,24). The summed E-state index contributed by atoms with van der Waals surface area (Å²) in [7, 11) is 0. The molecule has 24 heavy (non-hydrogen) atoms. The van der Waals surface area contributed by atoms with Gasteiger partial charge in [-0.1, -0.05) is 30.3 Å². The quantitative estimate of drug-likeness (QED) is 0.687. The lowest BCUT2D eigenvalue weighted by Gasteiger charge is -2.28. The number of carbonyl (C=O) groups excluding carboxylic acids is 1. The minimum Gasteiger partial charge on any atom is -0.324 e. The predicted molar refractivity (Wildman–Crippen MR) is 96.8 cm³/mol. The monoisotopic (exact) mass is 322 g/mol. The van der Waals surface area contributed by atoms with Crippen LogP contribution in [0.4, 0.5) is 5.69 Å². The summed E-state index contributed by atoms with van der Waals surface area (Å²) in [6.07, 6.45) is 1.74. The molecule has 0 radical (unpaired) electrons. The van der Waals surface area contributed by atoms with Crippen LogP contribution in [0.15, 0.2) is 54.7 Å². The first kappa shape index (κ1) is 16.2. The maximum atomic E-state index is 12.9. The fraction of sp³-hybridized carbons (Fsp3) is 0.263. The summed E-state index contributed by atoms with van der Waals surface area (Å²) in [6, 6.07) is 15.0. The van der Waals surface area contributed by atoms with Crippen molar-refractivity contribution in [3.63, 3.8) is 0 Å². The molecule has 0 bridgehead atoms. The summed E-state index contributed by atoms with van der Waals surface area (Å²) in [4.78, 5) is 12.9. The van der Waals surface area contributed by atoms with Gasteiger partial charge in [-0.2, -0.15) is 5.10 Å². The van der Waals surface area contributed by atoms with E-state index in [0.717, 1.165) is 22.2 Å². The molecule has 1 heterocycles. The highest BCUT2D eigenvalue weighted by Gasteiger charge is 2.25. The highest BCUT2D eigenvalue weighted by Crippen LogP contribution is 2.21. The lowest BCUT2D eigenvalue weighted by Crippen LogP contribution is -2.44. The third-order valence-electron chi connectivity index (χ3n) is 3.68. The third-order valence-corrected chi connectivity index (χ3v) is 3.68. The molecule has 3 N–H and O–H groups in total. The van der Waals surface area contributed by atoms with Crippen molar-refractivity contribution < 1.29 is 4.79 Å². The number of rotatable bonds is 4. The molecule has 1 unspecified atom stereocenters. The van der Waals surface area contributed by atoms with Gasteiger partial charge in [-0.05, 0) is 44.5 Å². The molecule has 5 heteroatoms. The summed E-state index contributed by atoms with van der Waals surface area (Å²) < 4.78 is 0. The van der Waals surface area contributed by atoms with Gasteiger partial charge < -0.3 is 5.32 Å². The Morgan fingerprint density at radius 2 is 1.88 bits per heavy atom. The molecule has 2 aromatic carbocycles. The van der Waals surface area contributed by atoms with E-state index in [4.69, 9.17) is 0 Å². The Balaban J connectivity index is 1.85. The zero-order valence-corrected chi connectivity index (χ0v) is 14.1.